The number of rotatable bonds is 20. The summed E-state index contributed by atoms with van der Waals surface area (Å²) in [5.41, 5.74) is -2.05. The van der Waals surface area contributed by atoms with Gasteiger partial charge in [-0.2, -0.15) is 0 Å². The van der Waals surface area contributed by atoms with Gasteiger partial charge in [-0.05, 0) is 45.4 Å². The van der Waals surface area contributed by atoms with E-state index in [1.54, 1.807) is 20.8 Å². The van der Waals surface area contributed by atoms with Gasteiger partial charge in [-0.15, -0.1) is 0 Å². The summed E-state index contributed by atoms with van der Waals surface area (Å²) in [6, 6.07) is -1.13. The Labute approximate surface area is 464 Å². The van der Waals surface area contributed by atoms with E-state index in [4.69, 9.17) is 69.4 Å². The predicted molar refractivity (Wildman–Crippen MR) is 265 cm³/mol. The topological polar surface area (TPSA) is 417 Å². The van der Waals surface area contributed by atoms with Gasteiger partial charge in [0.1, 0.15) is 92.8 Å². The summed E-state index contributed by atoms with van der Waals surface area (Å²) in [5, 5.41) is 140. The molecule has 0 unspecified atom stereocenters. The number of hydrogen-bond donors (Lipinski definition) is 13. The van der Waals surface area contributed by atoms with Crippen LogP contribution < -0.4 is 0 Å². The fourth-order valence-corrected chi connectivity index (χ4v) is 11.3. The summed E-state index contributed by atoms with van der Waals surface area (Å²) in [7, 11) is 6.27. The third-order valence-electron chi connectivity index (χ3n) is 16.7. The lowest BCUT2D eigenvalue weighted by Gasteiger charge is -2.46. The first kappa shape index (κ1) is 65.6. The van der Waals surface area contributed by atoms with Crippen molar-refractivity contribution >= 4 is 19.8 Å². The summed E-state index contributed by atoms with van der Waals surface area (Å²) in [5.74, 6) is -2.98. The van der Waals surface area contributed by atoms with Gasteiger partial charge in [-0.3, -0.25) is 9.59 Å². The van der Waals surface area contributed by atoms with Gasteiger partial charge in [0.25, 0.3) is 0 Å². The molecule has 0 aromatic heterocycles. The largest absolute Gasteiger partial charge is 0.462 e. The smallest absolute Gasteiger partial charge is 0.308 e. The van der Waals surface area contributed by atoms with Crippen molar-refractivity contribution in [3.05, 3.63) is 0 Å². The minimum atomic E-state index is -2.05. The fraction of sp³-hybridized carbons (Fsp3) is 0.961. The van der Waals surface area contributed by atoms with Crippen LogP contribution in [0.25, 0.3) is 0 Å². The molecule has 13 N–H and O–H groups in total. The quantitative estimate of drug-likeness (QED) is 0.0401. The van der Waals surface area contributed by atoms with E-state index in [9.17, 15) is 76.0 Å². The normalized spacial score (nSPS) is 47.0. The van der Waals surface area contributed by atoms with Crippen molar-refractivity contribution in [3.8, 4) is 0 Å². The first-order valence-corrected chi connectivity index (χ1v) is 27.8. The number of carbonyl (C=O) groups excluding carboxylic acids is 2. The van der Waals surface area contributed by atoms with Crippen LogP contribution in [0, 0.1) is 17.8 Å². The van der Waals surface area contributed by atoms with Crippen LogP contribution in [-0.2, 0) is 71.2 Å². The Hall–Kier alpha value is -1.96. The van der Waals surface area contributed by atoms with Gasteiger partial charge in [-0.25, -0.2) is 0 Å². The number of hydrogen-bond acceptors (Lipinski definition) is 28. The zero-order chi connectivity index (χ0) is 58.7. The Balaban J connectivity index is 0.885. The molecular weight excluding hydrogens is 1070 g/mol. The molecule has 7 aliphatic rings. The highest BCUT2D eigenvalue weighted by molar-refractivity contribution is 6.11. The van der Waals surface area contributed by atoms with E-state index in [2.05, 4.69) is 0 Å². The van der Waals surface area contributed by atoms with Crippen molar-refractivity contribution in [1.29, 1.82) is 0 Å². The molecule has 7 saturated heterocycles. The summed E-state index contributed by atoms with van der Waals surface area (Å²) in [4.78, 5) is 26.9. The van der Waals surface area contributed by atoms with Crippen molar-refractivity contribution in [1.82, 2.24) is 0 Å². The second-order valence-corrected chi connectivity index (χ2v) is 22.8. The number of aliphatic hydroxyl groups excluding tert-OH is 12. The first-order chi connectivity index (χ1) is 37.8. The molecule has 31 atom stereocenters. The first-order valence-electron chi connectivity index (χ1n) is 27.8. The average Bonchev–Trinajstić information content (AvgIpc) is 3.99. The fourth-order valence-electron chi connectivity index (χ4n) is 11.3. The van der Waals surface area contributed by atoms with Crippen molar-refractivity contribution in [3.63, 3.8) is 0 Å². The molecule has 80 heavy (non-hydrogen) atoms. The summed E-state index contributed by atoms with van der Waals surface area (Å²) in [6.45, 7) is 7.79. The lowest BCUT2D eigenvalue weighted by atomic mass is 9.82. The lowest BCUT2D eigenvalue weighted by Crippen LogP contribution is -2.63. The average molecular weight is 1160 g/mol. The van der Waals surface area contributed by atoms with Crippen molar-refractivity contribution in [2.75, 3.05) is 26.4 Å². The molecule has 7 rings (SSSR count). The molecule has 7 heterocycles. The third-order valence-corrected chi connectivity index (χ3v) is 16.7. The second kappa shape index (κ2) is 28.5. The summed E-state index contributed by atoms with van der Waals surface area (Å²) >= 11 is 0. The van der Waals surface area contributed by atoms with Crippen LogP contribution in [0.2, 0.25) is 0 Å². The minimum absolute atomic E-state index is 0.0865. The van der Waals surface area contributed by atoms with Gasteiger partial charge in [-0.1, -0.05) is 27.2 Å². The van der Waals surface area contributed by atoms with E-state index in [0.717, 1.165) is 0 Å². The molecule has 0 spiro atoms. The Bertz CT molecular complexity index is 1950. The van der Waals surface area contributed by atoms with Crippen LogP contribution in [0.15, 0.2) is 0 Å². The van der Waals surface area contributed by atoms with E-state index in [-0.39, 0.29) is 31.1 Å². The van der Waals surface area contributed by atoms with Crippen molar-refractivity contribution in [2.24, 2.45) is 17.8 Å². The number of esters is 2. The molecule has 28 nitrogen and oxygen atoms in total. The zero-order valence-electron chi connectivity index (χ0n) is 45.8. The Morgan fingerprint density at radius 3 is 2.04 bits per heavy atom. The van der Waals surface area contributed by atoms with Crippen LogP contribution >= 0.6 is 0 Å². The van der Waals surface area contributed by atoms with E-state index in [0.29, 0.717) is 19.3 Å². The van der Waals surface area contributed by atoms with Crippen LogP contribution in [0.1, 0.15) is 92.9 Å². The highest BCUT2D eigenvalue weighted by atomic mass is 16.8. The van der Waals surface area contributed by atoms with Crippen LogP contribution in [0.5, 0.6) is 0 Å². The van der Waals surface area contributed by atoms with Crippen molar-refractivity contribution in [2.45, 2.75) is 264 Å². The molecule has 7 aliphatic heterocycles. The predicted octanol–water partition coefficient (Wildman–Crippen LogP) is -5.06. The van der Waals surface area contributed by atoms with Gasteiger partial charge in [0.15, 0.2) is 31.5 Å². The maximum Gasteiger partial charge on any atom is 0.308 e. The third kappa shape index (κ3) is 15.3. The molecule has 0 amide bonds. The van der Waals surface area contributed by atoms with Gasteiger partial charge < -0.3 is 128 Å². The maximum atomic E-state index is 13.5. The lowest BCUT2D eigenvalue weighted by molar-refractivity contribution is -0.359. The van der Waals surface area contributed by atoms with E-state index in [1.165, 1.54) is 6.92 Å². The molecule has 2 bridgehead atoms. The molecule has 0 aromatic carbocycles. The van der Waals surface area contributed by atoms with Crippen LogP contribution in [0.4, 0.5) is 0 Å². The number of carbonyl (C=O) groups is 2. The van der Waals surface area contributed by atoms with Gasteiger partial charge >= 0.3 is 11.9 Å². The van der Waals surface area contributed by atoms with E-state index < -0.39 is 228 Å². The number of ether oxygens (including phenoxy) is 13. The highest BCUT2D eigenvalue weighted by Crippen LogP contribution is 2.39. The molecule has 7 fully saturated rings. The monoisotopic (exact) mass is 1160 g/mol. The SMILES string of the molecule is [B][C@@H]1O[C@H](C)[C@H](OC(=O)C[C@@H](O)C[C@H](OC(=O)C[C@@H](O)C[C@@H]2O[C@@H]3O[C@@H](CO)[C@H](O)[C@H]3O[C@@H]3O[C@@H](C)[C@H](O)[C@@H](CC[C@@H]2C)[C@H]3O)[C@@H](C)CC)C[C@H]1O[C@@H]1O[C@@H](C)[C@H](O[C@@H]2OC[C@@H](O)[C@H](O[C@@H]3OC[C@](O)(CO)[C@H]3O)[C@H]2O)[C@@H](O)[C@H]1O. The molecule has 0 saturated carbocycles. The molecule has 29 heteroatoms. The van der Waals surface area contributed by atoms with Gasteiger partial charge in [0, 0.05) is 31.2 Å². The Morgan fingerprint density at radius 1 is 0.675 bits per heavy atom. The standard InChI is InChI=1S/C51H85BO28/c1-7-19(2)28(73-33(58)12-25(56)11-29-20(3)8-9-26-35(60)22(5)71-47(36(26)61)80-43-37(62)32(15-53)77-49(43)75-29)10-24(55)13-34(59)74-30-14-31(45(52)70-21(30)4)76-48-39(64)38(63)41(23(6)72-48)78-46-40(65)42(27(57)16-68-46)79-50-44(66)51(67,17-54)18-69-50/h19-32,35-50,53-57,60-67H,7-18H2,1-6H3/t19-,20-,21+,22-,23-,24-,25-,26+,27+,28-,29-,30+,31+,32-,35-,36+,37-,38-,39+,40+,41-,42-,43+,44-,45+,46-,47-,48-,49+,50-,51+/m0/s1. The van der Waals surface area contributed by atoms with Gasteiger partial charge in [0.2, 0.25) is 0 Å². The Morgan fingerprint density at radius 2 is 1.36 bits per heavy atom. The van der Waals surface area contributed by atoms with Gasteiger partial charge in [0.05, 0.1) is 88.1 Å². The second-order valence-electron chi connectivity index (χ2n) is 22.8. The molecule has 0 aliphatic carbocycles. The van der Waals surface area contributed by atoms with Crippen LogP contribution in [0.3, 0.4) is 0 Å². The number of aliphatic hydroxyl groups is 13. The molecular formula is C51H85BO28. The molecule has 460 valence electrons. The zero-order valence-corrected chi connectivity index (χ0v) is 45.8. The molecule has 2 radical (unpaired) electrons. The van der Waals surface area contributed by atoms with Crippen molar-refractivity contribution < 1.29 is 138 Å². The summed E-state index contributed by atoms with van der Waals surface area (Å²) in [6.07, 6.45) is -33.9. The highest BCUT2D eigenvalue weighted by Gasteiger charge is 2.55. The van der Waals surface area contributed by atoms with E-state index in [1.807, 2.05) is 13.8 Å². The minimum Gasteiger partial charge on any atom is -0.462 e. The summed E-state index contributed by atoms with van der Waals surface area (Å²) < 4.78 is 75.3. The maximum absolute atomic E-state index is 13.5. The number of fused-ring (bicyclic) bond motifs is 3. The van der Waals surface area contributed by atoms with Crippen LogP contribution in [-0.4, -0.2) is 284 Å². The van der Waals surface area contributed by atoms with E-state index >= 15 is 0 Å². The molecule has 0 aromatic rings. The Kier molecular flexibility index (Phi) is 23.4.